The molecular weight excluding hydrogens is 228 g/mol. The third kappa shape index (κ3) is 2.15. The minimum atomic E-state index is 0.896. The lowest BCUT2D eigenvalue weighted by atomic mass is 10.1. The summed E-state index contributed by atoms with van der Waals surface area (Å²) in [6, 6.07) is 8.42. The van der Waals surface area contributed by atoms with E-state index in [2.05, 4.69) is 17.1 Å². The topological polar surface area (TPSA) is 38.9 Å². The zero-order valence-corrected chi connectivity index (χ0v) is 10.3. The molecular formula is C14H14N2S. The van der Waals surface area contributed by atoms with E-state index in [-0.39, 0.29) is 0 Å². The van der Waals surface area contributed by atoms with Gasteiger partial charge in [-0.05, 0) is 54.7 Å². The van der Waals surface area contributed by atoms with Crippen LogP contribution in [0.2, 0.25) is 0 Å². The van der Waals surface area contributed by atoms with Crippen molar-refractivity contribution in [3.8, 4) is 0 Å². The first kappa shape index (κ1) is 10.7. The number of aromatic nitrogens is 1. The van der Waals surface area contributed by atoms with Crippen molar-refractivity contribution >= 4 is 17.4 Å². The molecule has 2 nitrogen and oxygen atoms in total. The number of hydrogen-bond donors (Lipinski definition) is 1. The van der Waals surface area contributed by atoms with Gasteiger partial charge in [-0.25, -0.2) is 0 Å². The van der Waals surface area contributed by atoms with Crippen LogP contribution in [0.3, 0.4) is 0 Å². The van der Waals surface area contributed by atoms with Crippen LogP contribution in [0.4, 0.5) is 5.69 Å². The number of pyridine rings is 1. The van der Waals surface area contributed by atoms with Crippen LogP contribution < -0.4 is 5.73 Å². The van der Waals surface area contributed by atoms with E-state index in [0.717, 1.165) is 10.6 Å². The second-order valence-electron chi connectivity index (χ2n) is 4.30. The van der Waals surface area contributed by atoms with Crippen LogP contribution in [0.15, 0.2) is 46.5 Å². The van der Waals surface area contributed by atoms with Gasteiger partial charge in [0.1, 0.15) is 0 Å². The Labute approximate surface area is 105 Å². The number of aryl methyl sites for hydroxylation is 2. The summed E-state index contributed by atoms with van der Waals surface area (Å²) < 4.78 is 0. The van der Waals surface area contributed by atoms with Crippen LogP contribution in [0.25, 0.3) is 0 Å². The van der Waals surface area contributed by atoms with Crippen molar-refractivity contribution in [2.45, 2.75) is 29.1 Å². The van der Waals surface area contributed by atoms with Gasteiger partial charge in [-0.3, -0.25) is 4.98 Å². The molecule has 2 N–H and O–H groups in total. The molecule has 17 heavy (non-hydrogen) atoms. The van der Waals surface area contributed by atoms with E-state index in [1.54, 1.807) is 11.8 Å². The summed E-state index contributed by atoms with van der Waals surface area (Å²) >= 11 is 1.72. The maximum Gasteiger partial charge on any atom is 0.0458 e. The normalized spacial score (nSPS) is 13.6. The Balaban J connectivity index is 1.93. The number of nitrogens with two attached hydrogens (primary N) is 1. The van der Waals surface area contributed by atoms with Crippen molar-refractivity contribution in [1.29, 1.82) is 0 Å². The molecule has 0 radical (unpaired) electrons. The van der Waals surface area contributed by atoms with Gasteiger partial charge in [0.2, 0.25) is 0 Å². The van der Waals surface area contributed by atoms with Gasteiger partial charge >= 0.3 is 0 Å². The predicted molar refractivity (Wildman–Crippen MR) is 71.2 cm³/mol. The molecule has 86 valence electrons. The van der Waals surface area contributed by atoms with E-state index in [1.807, 2.05) is 24.5 Å². The van der Waals surface area contributed by atoms with Crippen molar-refractivity contribution in [1.82, 2.24) is 4.98 Å². The second-order valence-corrected chi connectivity index (χ2v) is 5.41. The summed E-state index contributed by atoms with van der Waals surface area (Å²) in [4.78, 5) is 6.37. The Kier molecular flexibility index (Phi) is 2.77. The standard InChI is InChI=1S/C14H14N2S/c15-13-8-10-2-1-3-11(10)9-14(13)17-12-4-6-16-7-5-12/h4-9H,1-3,15H2. The van der Waals surface area contributed by atoms with Crippen molar-refractivity contribution < 1.29 is 0 Å². The molecule has 0 bridgehead atoms. The third-order valence-electron chi connectivity index (χ3n) is 3.10. The summed E-state index contributed by atoms with van der Waals surface area (Å²) in [6.45, 7) is 0. The van der Waals surface area contributed by atoms with Gasteiger partial charge in [0.15, 0.2) is 0 Å². The number of rotatable bonds is 2. The molecule has 0 saturated heterocycles. The molecule has 0 atom stereocenters. The first-order valence-electron chi connectivity index (χ1n) is 5.82. The Morgan fingerprint density at radius 2 is 1.76 bits per heavy atom. The van der Waals surface area contributed by atoms with Gasteiger partial charge in [-0.1, -0.05) is 11.8 Å². The Bertz CT molecular complexity index is 537. The lowest BCUT2D eigenvalue weighted by Gasteiger charge is -2.08. The fourth-order valence-electron chi connectivity index (χ4n) is 2.24. The molecule has 0 amide bonds. The van der Waals surface area contributed by atoms with Crippen LogP contribution >= 0.6 is 11.8 Å². The molecule has 0 saturated carbocycles. The molecule has 1 heterocycles. The predicted octanol–water partition coefficient (Wildman–Crippen LogP) is 3.30. The van der Waals surface area contributed by atoms with Gasteiger partial charge in [-0.2, -0.15) is 0 Å². The minimum absolute atomic E-state index is 0.896. The first-order chi connectivity index (χ1) is 8.33. The molecule has 3 heteroatoms. The average molecular weight is 242 g/mol. The smallest absolute Gasteiger partial charge is 0.0458 e. The molecule has 0 aliphatic heterocycles. The molecule has 1 aromatic carbocycles. The number of anilines is 1. The molecule has 1 aliphatic rings. The summed E-state index contributed by atoms with van der Waals surface area (Å²) in [5.41, 5.74) is 9.90. The van der Waals surface area contributed by atoms with E-state index in [0.29, 0.717) is 0 Å². The van der Waals surface area contributed by atoms with E-state index < -0.39 is 0 Å². The Morgan fingerprint density at radius 3 is 2.53 bits per heavy atom. The van der Waals surface area contributed by atoms with E-state index >= 15 is 0 Å². The van der Waals surface area contributed by atoms with Crippen molar-refractivity contribution in [2.24, 2.45) is 0 Å². The van der Waals surface area contributed by atoms with Crippen LogP contribution in [0, 0.1) is 0 Å². The lowest BCUT2D eigenvalue weighted by molar-refractivity contribution is 0.911. The van der Waals surface area contributed by atoms with Crippen molar-refractivity contribution in [2.75, 3.05) is 5.73 Å². The van der Waals surface area contributed by atoms with Crippen LogP contribution in [-0.4, -0.2) is 4.98 Å². The summed E-state index contributed by atoms with van der Waals surface area (Å²) in [6.07, 6.45) is 7.26. The number of nitrogen functional groups attached to an aromatic ring is 1. The number of benzene rings is 1. The summed E-state index contributed by atoms with van der Waals surface area (Å²) in [5.74, 6) is 0. The lowest BCUT2D eigenvalue weighted by Crippen LogP contribution is -1.92. The summed E-state index contributed by atoms with van der Waals surface area (Å²) in [5, 5.41) is 0. The molecule has 2 aromatic rings. The van der Waals surface area contributed by atoms with Crippen LogP contribution in [0.1, 0.15) is 17.5 Å². The van der Waals surface area contributed by atoms with E-state index in [1.165, 1.54) is 35.3 Å². The SMILES string of the molecule is Nc1cc2c(cc1Sc1ccncc1)CCC2. The zero-order chi connectivity index (χ0) is 11.7. The number of hydrogen-bond acceptors (Lipinski definition) is 3. The highest BCUT2D eigenvalue weighted by molar-refractivity contribution is 7.99. The van der Waals surface area contributed by atoms with Gasteiger partial charge in [0.25, 0.3) is 0 Å². The summed E-state index contributed by atoms with van der Waals surface area (Å²) in [7, 11) is 0. The fourth-order valence-corrected chi connectivity index (χ4v) is 3.13. The molecule has 0 unspecified atom stereocenters. The average Bonchev–Trinajstić information content (AvgIpc) is 2.78. The monoisotopic (exact) mass is 242 g/mol. The minimum Gasteiger partial charge on any atom is -0.398 e. The largest absolute Gasteiger partial charge is 0.398 e. The molecule has 3 rings (SSSR count). The second kappa shape index (κ2) is 4.41. The highest BCUT2D eigenvalue weighted by Crippen LogP contribution is 2.36. The Morgan fingerprint density at radius 1 is 1.06 bits per heavy atom. The quantitative estimate of drug-likeness (QED) is 0.821. The number of fused-ring (bicyclic) bond motifs is 1. The molecule has 1 aromatic heterocycles. The highest BCUT2D eigenvalue weighted by atomic mass is 32.2. The van der Waals surface area contributed by atoms with Gasteiger partial charge in [0, 0.05) is 27.9 Å². The van der Waals surface area contributed by atoms with Crippen molar-refractivity contribution in [3.63, 3.8) is 0 Å². The van der Waals surface area contributed by atoms with Crippen molar-refractivity contribution in [3.05, 3.63) is 47.8 Å². The van der Waals surface area contributed by atoms with Gasteiger partial charge in [-0.15, -0.1) is 0 Å². The van der Waals surface area contributed by atoms with E-state index in [9.17, 15) is 0 Å². The van der Waals surface area contributed by atoms with Gasteiger partial charge < -0.3 is 5.73 Å². The Hall–Kier alpha value is -1.48. The van der Waals surface area contributed by atoms with Crippen LogP contribution in [0.5, 0.6) is 0 Å². The molecule has 0 fully saturated rings. The maximum absolute atomic E-state index is 6.10. The van der Waals surface area contributed by atoms with E-state index in [4.69, 9.17) is 5.73 Å². The zero-order valence-electron chi connectivity index (χ0n) is 9.52. The maximum atomic E-state index is 6.10. The fraction of sp³-hybridized carbons (Fsp3) is 0.214. The third-order valence-corrected chi connectivity index (χ3v) is 4.18. The highest BCUT2D eigenvalue weighted by Gasteiger charge is 2.13. The first-order valence-corrected chi connectivity index (χ1v) is 6.64. The van der Waals surface area contributed by atoms with Gasteiger partial charge in [0.05, 0.1) is 0 Å². The number of nitrogens with zero attached hydrogens (tertiary/aromatic N) is 1. The molecule has 1 aliphatic carbocycles. The molecule has 0 spiro atoms. The van der Waals surface area contributed by atoms with Crippen LogP contribution in [-0.2, 0) is 12.8 Å².